The molecule has 0 aliphatic carbocycles. The Balaban J connectivity index is 2.10. The molecule has 2 rings (SSSR count). The first-order chi connectivity index (χ1) is 8.69. The number of hydrogen-bond acceptors (Lipinski definition) is 4. The van der Waals surface area contributed by atoms with Crippen molar-refractivity contribution >= 4 is 29.2 Å². The van der Waals surface area contributed by atoms with Crippen LogP contribution in [0.1, 0.15) is 5.69 Å². The van der Waals surface area contributed by atoms with E-state index in [0.717, 1.165) is 4.90 Å². The highest BCUT2D eigenvalue weighted by atomic mass is 35.5. The maximum absolute atomic E-state index is 13.0. The molecule has 1 heterocycles. The SMILES string of the molecule is NNc1ccc(Cl)c(CSc2cccc(F)c2)n1. The number of halogens is 2. The predicted octanol–water partition coefficient (Wildman–Crippen LogP) is 3.45. The summed E-state index contributed by atoms with van der Waals surface area (Å²) in [6.07, 6.45) is 0. The van der Waals surface area contributed by atoms with Crippen LogP contribution in [0.4, 0.5) is 10.2 Å². The van der Waals surface area contributed by atoms with E-state index in [4.69, 9.17) is 17.4 Å². The fourth-order valence-corrected chi connectivity index (χ4v) is 2.52. The maximum Gasteiger partial charge on any atom is 0.140 e. The number of nitrogens with zero attached hydrogens (tertiary/aromatic N) is 1. The lowest BCUT2D eigenvalue weighted by molar-refractivity contribution is 0.624. The van der Waals surface area contributed by atoms with Crippen molar-refractivity contribution in [2.24, 2.45) is 5.84 Å². The Morgan fingerprint density at radius 1 is 1.33 bits per heavy atom. The van der Waals surface area contributed by atoms with Gasteiger partial charge >= 0.3 is 0 Å². The van der Waals surface area contributed by atoms with Crippen molar-refractivity contribution in [2.45, 2.75) is 10.6 Å². The summed E-state index contributed by atoms with van der Waals surface area (Å²) in [7, 11) is 0. The number of hydrogen-bond donors (Lipinski definition) is 2. The number of nitrogens with one attached hydrogen (secondary N) is 1. The molecule has 0 fully saturated rings. The number of hydrazine groups is 1. The number of aromatic nitrogens is 1. The van der Waals surface area contributed by atoms with E-state index >= 15 is 0 Å². The van der Waals surface area contributed by atoms with Crippen LogP contribution < -0.4 is 11.3 Å². The van der Waals surface area contributed by atoms with Crippen LogP contribution in [0, 0.1) is 5.82 Å². The minimum Gasteiger partial charge on any atom is -0.308 e. The average Bonchev–Trinajstić information content (AvgIpc) is 2.38. The van der Waals surface area contributed by atoms with Crippen molar-refractivity contribution in [3.8, 4) is 0 Å². The van der Waals surface area contributed by atoms with E-state index in [-0.39, 0.29) is 5.82 Å². The molecule has 0 aliphatic rings. The zero-order chi connectivity index (χ0) is 13.0. The molecular weight excluding hydrogens is 273 g/mol. The van der Waals surface area contributed by atoms with Gasteiger partial charge in [0.1, 0.15) is 11.6 Å². The quantitative estimate of drug-likeness (QED) is 0.513. The summed E-state index contributed by atoms with van der Waals surface area (Å²) in [6, 6.07) is 9.82. The van der Waals surface area contributed by atoms with Gasteiger partial charge in [-0.2, -0.15) is 0 Å². The predicted molar refractivity (Wildman–Crippen MR) is 73.0 cm³/mol. The fraction of sp³-hybridized carbons (Fsp3) is 0.0833. The second-order valence-electron chi connectivity index (χ2n) is 3.52. The Hall–Kier alpha value is -1.30. The van der Waals surface area contributed by atoms with E-state index in [1.54, 1.807) is 18.2 Å². The molecule has 3 N–H and O–H groups in total. The number of nitrogens with two attached hydrogens (primary N) is 1. The van der Waals surface area contributed by atoms with Gasteiger partial charge in [-0.1, -0.05) is 17.7 Å². The Bertz CT molecular complexity index is 551. The third-order valence-electron chi connectivity index (χ3n) is 2.24. The van der Waals surface area contributed by atoms with Crippen molar-refractivity contribution in [1.82, 2.24) is 4.98 Å². The van der Waals surface area contributed by atoms with Crippen LogP contribution in [-0.4, -0.2) is 4.98 Å². The number of rotatable bonds is 4. The molecule has 0 saturated carbocycles. The molecule has 1 aromatic carbocycles. The molecule has 2 aromatic rings. The van der Waals surface area contributed by atoms with E-state index in [1.807, 2.05) is 6.07 Å². The smallest absolute Gasteiger partial charge is 0.140 e. The Labute approximate surface area is 114 Å². The number of benzene rings is 1. The van der Waals surface area contributed by atoms with Gasteiger partial charge in [-0.05, 0) is 30.3 Å². The summed E-state index contributed by atoms with van der Waals surface area (Å²) in [5.74, 6) is 6.13. The Morgan fingerprint density at radius 3 is 2.89 bits per heavy atom. The summed E-state index contributed by atoms with van der Waals surface area (Å²) in [6.45, 7) is 0. The third-order valence-corrected chi connectivity index (χ3v) is 3.59. The zero-order valence-electron chi connectivity index (χ0n) is 9.36. The molecule has 6 heteroatoms. The van der Waals surface area contributed by atoms with Gasteiger partial charge in [0, 0.05) is 10.6 Å². The van der Waals surface area contributed by atoms with Crippen LogP contribution in [0.15, 0.2) is 41.3 Å². The first kappa shape index (κ1) is 13.1. The molecule has 0 spiro atoms. The van der Waals surface area contributed by atoms with Crippen molar-refractivity contribution in [1.29, 1.82) is 0 Å². The highest BCUT2D eigenvalue weighted by Gasteiger charge is 2.05. The molecule has 0 amide bonds. The Kier molecular flexibility index (Phi) is 4.41. The second-order valence-corrected chi connectivity index (χ2v) is 4.97. The van der Waals surface area contributed by atoms with E-state index in [2.05, 4.69) is 10.4 Å². The third kappa shape index (κ3) is 3.35. The van der Waals surface area contributed by atoms with Crippen LogP contribution in [0.5, 0.6) is 0 Å². The van der Waals surface area contributed by atoms with Gasteiger partial charge < -0.3 is 5.43 Å². The largest absolute Gasteiger partial charge is 0.308 e. The van der Waals surface area contributed by atoms with Gasteiger partial charge in [0.15, 0.2) is 0 Å². The van der Waals surface area contributed by atoms with Crippen molar-refractivity contribution in [3.05, 3.63) is 52.9 Å². The van der Waals surface area contributed by atoms with E-state index in [9.17, 15) is 4.39 Å². The summed E-state index contributed by atoms with van der Waals surface area (Å²) < 4.78 is 13.0. The fourth-order valence-electron chi connectivity index (χ4n) is 1.37. The minimum atomic E-state index is -0.253. The van der Waals surface area contributed by atoms with Crippen LogP contribution in [0.25, 0.3) is 0 Å². The van der Waals surface area contributed by atoms with Gasteiger partial charge in [0.05, 0.1) is 10.7 Å². The standard InChI is InChI=1S/C12H11ClFN3S/c13-10-4-5-12(17-15)16-11(10)7-18-9-3-1-2-8(14)6-9/h1-6H,7,15H2,(H,16,17). The molecule has 94 valence electrons. The maximum atomic E-state index is 13.0. The van der Waals surface area contributed by atoms with Crippen LogP contribution in [0.3, 0.4) is 0 Å². The van der Waals surface area contributed by atoms with Gasteiger partial charge in [-0.3, -0.25) is 0 Å². The van der Waals surface area contributed by atoms with Crippen LogP contribution in [0.2, 0.25) is 5.02 Å². The van der Waals surface area contributed by atoms with E-state index in [1.165, 1.54) is 23.9 Å². The van der Waals surface area contributed by atoms with Gasteiger partial charge in [-0.15, -0.1) is 11.8 Å². The minimum absolute atomic E-state index is 0.253. The number of pyridine rings is 1. The zero-order valence-corrected chi connectivity index (χ0v) is 10.9. The van der Waals surface area contributed by atoms with Crippen molar-refractivity contribution in [2.75, 3.05) is 5.43 Å². The molecule has 0 aliphatic heterocycles. The first-order valence-electron chi connectivity index (χ1n) is 5.19. The normalized spacial score (nSPS) is 10.4. The molecule has 0 saturated heterocycles. The second kappa shape index (κ2) is 6.04. The average molecular weight is 284 g/mol. The number of anilines is 1. The summed E-state index contributed by atoms with van der Waals surface area (Å²) in [4.78, 5) is 5.08. The highest BCUT2D eigenvalue weighted by Crippen LogP contribution is 2.26. The van der Waals surface area contributed by atoms with Crippen LogP contribution in [-0.2, 0) is 5.75 Å². The molecular formula is C12H11ClFN3S. The number of thioether (sulfide) groups is 1. The lowest BCUT2D eigenvalue weighted by Gasteiger charge is -2.06. The van der Waals surface area contributed by atoms with E-state index < -0.39 is 0 Å². The summed E-state index contributed by atoms with van der Waals surface area (Å²) in [5.41, 5.74) is 3.17. The molecule has 0 atom stereocenters. The lowest BCUT2D eigenvalue weighted by Crippen LogP contribution is -2.09. The monoisotopic (exact) mass is 283 g/mol. The van der Waals surface area contributed by atoms with Gasteiger partial charge in [0.25, 0.3) is 0 Å². The van der Waals surface area contributed by atoms with Gasteiger partial charge in [-0.25, -0.2) is 15.2 Å². The molecule has 0 bridgehead atoms. The van der Waals surface area contributed by atoms with Crippen molar-refractivity contribution in [3.63, 3.8) is 0 Å². The molecule has 3 nitrogen and oxygen atoms in total. The van der Waals surface area contributed by atoms with Gasteiger partial charge in [0.2, 0.25) is 0 Å². The molecule has 0 unspecified atom stereocenters. The van der Waals surface area contributed by atoms with Crippen LogP contribution >= 0.6 is 23.4 Å². The molecule has 0 radical (unpaired) electrons. The molecule has 1 aromatic heterocycles. The van der Waals surface area contributed by atoms with Crippen molar-refractivity contribution < 1.29 is 4.39 Å². The first-order valence-corrected chi connectivity index (χ1v) is 6.56. The highest BCUT2D eigenvalue weighted by molar-refractivity contribution is 7.98. The van der Waals surface area contributed by atoms with E-state index in [0.29, 0.717) is 22.3 Å². The number of nitrogen functional groups attached to an aromatic ring is 1. The summed E-state index contributed by atoms with van der Waals surface area (Å²) >= 11 is 7.50. The lowest BCUT2D eigenvalue weighted by atomic mass is 10.3. The topological polar surface area (TPSA) is 50.9 Å². The Morgan fingerprint density at radius 2 is 2.17 bits per heavy atom. The summed E-state index contributed by atoms with van der Waals surface area (Å²) in [5, 5.41) is 0.568. The molecule has 18 heavy (non-hydrogen) atoms.